The number of pyridine rings is 2. The summed E-state index contributed by atoms with van der Waals surface area (Å²) in [5.41, 5.74) is 3.90. The lowest BCUT2D eigenvalue weighted by Crippen LogP contribution is -2.48. The van der Waals surface area contributed by atoms with Crippen molar-refractivity contribution in [2.45, 2.75) is 6.54 Å². The van der Waals surface area contributed by atoms with Crippen LogP contribution in [0.3, 0.4) is 0 Å². The number of aryl methyl sites for hydroxylation is 1. The van der Waals surface area contributed by atoms with Crippen molar-refractivity contribution >= 4 is 52.3 Å². The summed E-state index contributed by atoms with van der Waals surface area (Å²) in [5.74, 6) is -4.90. The fraction of sp³-hybridized carbons (Fsp3) is 0.190. The molecule has 1 aliphatic rings. The highest BCUT2D eigenvalue weighted by Crippen LogP contribution is 2.28. The Labute approximate surface area is 347 Å². The predicted octanol–water partition coefficient (Wildman–Crippen LogP) is 4.11. The van der Waals surface area contributed by atoms with Crippen LogP contribution in [0.4, 0.5) is 5.69 Å². The van der Waals surface area contributed by atoms with E-state index in [1.807, 2.05) is 88.1 Å². The second kappa shape index (κ2) is 20.1. The van der Waals surface area contributed by atoms with Gasteiger partial charge in [-0.3, -0.25) is 14.5 Å². The molecule has 0 aliphatic carbocycles. The number of benzene rings is 2. The third kappa shape index (κ3) is 11.5. The van der Waals surface area contributed by atoms with Gasteiger partial charge in [-0.25, -0.2) is 29.1 Å². The number of carbonyl (C=O) groups is 6. The average Bonchev–Trinajstić information content (AvgIpc) is 3.92. The standard InChI is InChI=1S/C38H37N7O4.2C2H2O4/c1-41(37(46)28-8-14-35(39-24-28)44-16-4-5-17-44)30-9-15-36(40-25-30)49-32-12-13-33-29(22-32)23-34(42(33)2)38(47)45-20-18-43(19-21-45)26-27-6-10-31(48-3)11-7-27;2*3-1(4)2(5)6/h4-17,22-25H,18-21,26H2,1-3H3;2*(H,3,4)(H,5,6). The van der Waals surface area contributed by atoms with Gasteiger partial charge in [0.05, 0.1) is 24.6 Å². The van der Waals surface area contributed by atoms with Gasteiger partial charge in [0.2, 0.25) is 5.88 Å². The van der Waals surface area contributed by atoms with Crippen LogP contribution in [0, 0.1) is 0 Å². The maximum atomic E-state index is 13.6. The number of fused-ring (bicyclic) bond motifs is 1. The summed E-state index contributed by atoms with van der Waals surface area (Å²) in [6, 6.07) is 26.7. The molecule has 5 heterocycles. The number of hydrogen-bond donors (Lipinski definition) is 4. The van der Waals surface area contributed by atoms with Gasteiger partial charge in [0.15, 0.2) is 0 Å². The number of hydrogen-bond acceptors (Lipinski definition) is 11. The molecular weight excluding hydrogens is 794 g/mol. The van der Waals surface area contributed by atoms with Crippen LogP contribution in [0.15, 0.2) is 110 Å². The lowest BCUT2D eigenvalue weighted by atomic mass is 10.2. The van der Waals surface area contributed by atoms with Crippen LogP contribution in [0.5, 0.6) is 17.4 Å². The zero-order chi connectivity index (χ0) is 44.2. The first kappa shape index (κ1) is 44.1. The smallest absolute Gasteiger partial charge is 0.414 e. The molecule has 4 N–H and O–H groups in total. The highest BCUT2D eigenvalue weighted by molar-refractivity contribution is 6.27. The van der Waals surface area contributed by atoms with Crippen molar-refractivity contribution in [1.29, 1.82) is 0 Å². The molecule has 0 radical (unpaired) electrons. The molecule has 0 spiro atoms. The fourth-order valence-electron chi connectivity index (χ4n) is 6.07. The maximum absolute atomic E-state index is 13.6. The van der Waals surface area contributed by atoms with Crippen molar-refractivity contribution in [3.05, 3.63) is 127 Å². The summed E-state index contributed by atoms with van der Waals surface area (Å²) in [4.78, 5) is 77.8. The van der Waals surface area contributed by atoms with Gasteiger partial charge < -0.3 is 48.8 Å². The number of anilines is 1. The molecule has 0 unspecified atom stereocenters. The van der Waals surface area contributed by atoms with Crippen molar-refractivity contribution in [3.8, 4) is 23.2 Å². The second-order valence-electron chi connectivity index (χ2n) is 13.3. The van der Waals surface area contributed by atoms with Crippen LogP contribution >= 0.6 is 0 Å². The summed E-state index contributed by atoms with van der Waals surface area (Å²) >= 11 is 0. The summed E-state index contributed by atoms with van der Waals surface area (Å²) in [5, 5.41) is 30.5. The number of ether oxygens (including phenoxy) is 2. The third-order valence-corrected chi connectivity index (χ3v) is 9.32. The number of aromatic nitrogens is 4. The van der Waals surface area contributed by atoms with Crippen molar-refractivity contribution in [2.24, 2.45) is 7.05 Å². The van der Waals surface area contributed by atoms with E-state index in [0.717, 1.165) is 42.1 Å². The van der Waals surface area contributed by atoms with Crippen molar-refractivity contribution in [2.75, 3.05) is 45.2 Å². The molecule has 316 valence electrons. The molecule has 0 saturated carbocycles. The Morgan fingerprint density at radius 1 is 0.721 bits per heavy atom. The van der Waals surface area contributed by atoms with Crippen LogP contribution in [0.2, 0.25) is 0 Å². The number of aliphatic carboxylic acids is 4. The number of amides is 2. The molecule has 1 saturated heterocycles. The molecule has 6 aromatic rings. The van der Waals surface area contributed by atoms with E-state index in [1.165, 1.54) is 10.5 Å². The van der Waals surface area contributed by atoms with E-state index < -0.39 is 23.9 Å². The van der Waals surface area contributed by atoms with Gasteiger partial charge in [-0.1, -0.05) is 12.1 Å². The molecule has 0 bridgehead atoms. The minimum atomic E-state index is -1.82. The highest BCUT2D eigenvalue weighted by atomic mass is 16.5. The molecule has 2 aromatic carbocycles. The molecule has 7 rings (SSSR count). The first-order valence-corrected chi connectivity index (χ1v) is 18.3. The third-order valence-electron chi connectivity index (χ3n) is 9.32. The number of nitrogens with zero attached hydrogens (tertiary/aromatic N) is 7. The van der Waals surface area contributed by atoms with Gasteiger partial charge in [0.1, 0.15) is 23.0 Å². The lowest BCUT2D eigenvalue weighted by molar-refractivity contribution is -0.159. The van der Waals surface area contributed by atoms with Crippen molar-refractivity contribution in [1.82, 2.24) is 28.9 Å². The Hall–Kier alpha value is -8.06. The molecule has 0 atom stereocenters. The Kier molecular flexibility index (Phi) is 14.5. The zero-order valence-corrected chi connectivity index (χ0v) is 33.1. The Morgan fingerprint density at radius 3 is 1.89 bits per heavy atom. The molecule has 19 heteroatoms. The number of carboxylic acids is 4. The molecular formula is C42H41N7O12. The highest BCUT2D eigenvalue weighted by Gasteiger charge is 2.25. The number of rotatable bonds is 9. The Balaban J connectivity index is 0.000000516. The van der Waals surface area contributed by atoms with Gasteiger partial charge in [0, 0.05) is 82.4 Å². The number of carbonyl (C=O) groups excluding carboxylic acids is 2. The van der Waals surface area contributed by atoms with Crippen LogP contribution < -0.4 is 14.4 Å². The number of carboxylic acid groups (broad SMARTS) is 4. The van der Waals surface area contributed by atoms with E-state index in [2.05, 4.69) is 27.0 Å². The molecule has 4 aromatic heterocycles. The topological polar surface area (TPSA) is 247 Å². The minimum absolute atomic E-state index is 0.0220. The average molecular weight is 836 g/mol. The maximum Gasteiger partial charge on any atom is 0.414 e. The monoisotopic (exact) mass is 835 g/mol. The molecule has 1 fully saturated rings. The van der Waals surface area contributed by atoms with E-state index in [4.69, 9.17) is 49.1 Å². The lowest BCUT2D eigenvalue weighted by Gasteiger charge is -2.34. The SMILES string of the molecule is COc1ccc(CN2CCN(C(=O)c3cc4cc(Oc5ccc(N(C)C(=O)c6ccc(-n7cccc7)nc6)cn5)ccc4n3C)CC2)cc1.O=C(O)C(=O)O.O=C(O)C(=O)O. The van der Waals surface area contributed by atoms with Gasteiger partial charge in [-0.15, -0.1) is 0 Å². The van der Waals surface area contributed by atoms with Crippen LogP contribution in [0.1, 0.15) is 26.4 Å². The van der Waals surface area contributed by atoms with Crippen LogP contribution in [-0.4, -0.2) is 125 Å². The van der Waals surface area contributed by atoms with E-state index in [1.54, 1.807) is 44.8 Å². The molecule has 61 heavy (non-hydrogen) atoms. The van der Waals surface area contributed by atoms with Crippen LogP contribution in [0.25, 0.3) is 16.7 Å². The number of methoxy groups -OCH3 is 1. The zero-order valence-electron chi connectivity index (χ0n) is 33.1. The summed E-state index contributed by atoms with van der Waals surface area (Å²) < 4.78 is 15.2. The van der Waals surface area contributed by atoms with Gasteiger partial charge in [-0.05, 0) is 72.3 Å². The van der Waals surface area contributed by atoms with Gasteiger partial charge in [-0.2, -0.15) is 0 Å². The Bertz CT molecular complexity index is 2450. The molecule has 19 nitrogen and oxygen atoms in total. The number of piperazine rings is 1. The summed E-state index contributed by atoms with van der Waals surface area (Å²) in [6.45, 7) is 3.82. The van der Waals surface area contributed by atoms with Gasteiger partial charge >= 0.3 is 23.9 Å². The largest absolute Gasteiger partial charge is 0.497 e. The van der Waals surface area contributed by atoms with E-state index in [-0.39, 0.29) is 11.8 Å². The minimum Gasteiger partial charge on any atom is -0.497 e. The van der Waals surface area contributed by atoms with Crippen molar-refractivity contribution < 1.29 is 58.7 Å². The van der Waals surface area contributed by atoms with Crippen LogP contribution in [-0.2, 0) is 32.8 Å². The normalized spacial score (nSPS) is 12.2. The van der Waals surface area contributed by atoms with E-state index in [9.17, 15) is 9.59 Å². The quantitative estimate of drug-likeness (QED) is 0.150. The summed E-state index contributed by atoms with van der Waals surface area (Å²) in [6.07, 6.45) is 6.97. The van der Waals surface area contributed by atoms with E-state index >= 15 is 0 Å². The fourth-order valence-corrected chi connectivity index (χ4v) is 6.07. The summed E-state index contributed by atoms with van der Waals surface area (Å²) in [7, 11) is 5.29. The van der Waals surface area contributed by atoms with Crippen molar-refractivity contribution in [3.63, 3.8) is 0 Å². The first-order valence-electron chi connectivity index (χ1n) is 18.3. The molecule has 1 aliphatic heterocycles. The first-order chi connectivity index (χ1) is 29.1. The van der Waals surface area contributed by atoms with Gasteiger partial charge in [0.25, 0.3) is 11.8 Å². The Morgan fingerprint density at radius 2 is 1.34 bits per heavy atom. The second-order valence-corrected chi connectivity index (χ2v) is 13.3. The molecule has 2 amide bonds. The van der Waals surface area contributed by atoms with E-state index in [0.29, 0.717) is 41.7 Å². The predicted molar refractivity (Wildman–Crippen MR) is 218 cm³/mol.